The van der Waals surface area contributed by atoms with Gasteiger partial charge in [0.15, 0.2) is 5.82 Å². The molecule has 3 rings (SSSR count). The average Bonchev–Trinajstić information content (AvgIpc) is 2.90. The fraction of sp³-hybridized carbons (Fsp3) is 0.400. The second-order valence-corrected chi connectivity index (χ2v) is 8.63. The Hall–Kier alpha value is -0.810. The Morgan fingerprint density at radius 2 is 2.15 bits per heavy atom. The molecule has 2 aromatic heterocycles. The SMILES string of the molecule is NC1(c2noc(-c3cc(S(N)(=O)=O)c(Br)s3)n2)CCC1. The second-order valence-electron chi connectivity index (χ2n) is 4.73. The molecule has 1 aliphatic rings. The van der Waals surface area contributed by atoms with Gasteiger partial charge in [-0.3, -0.25) is 0 Å². The van der Waals surface area contributed by atoms with Gasteiger partial charge in [0.1, 0.15) is 4.90 Å². The molecule has 0 atom stereocenters. The summed E-state index contributed by atoms with van der Waals surface area (Å²) in [6, 6.07) is 1.41. The maximum atomic E-state index is 11.4. The molecule has 0 amide bonds. The van der Waals surface area contributed by atoms with Gasteiger partial charge in [0.2, 0.25) is 10.0 Å². The second kappa shape index (κ2) is 4.60. The molecular formula is C10H11BrN4O3S2. The predicted octanol–water partition coefficient (Wildman–Crippen LogP) is 1.55. The highest BCUT2D eigenvalue weighted by Crippen LogP contribution is 2.40. The molecule has 10 heteroatoms. The zero-order valence-corrected chi connectivity index (χ0v) is 13.4. The fourth-order valence-corrected chi connectivity index (χ4v) is 5.03. The Morgan fingerprint density at radius 3 is 2.65 bits per heavy atom. The Balaban J connectivity index is 1.98. The standard InChI is InChI=1S/C10H11BrN4O3S2/c11-7-6(20(13,16)17)4-5(19-7)8-14-9(15-18-8)10(12)2-1-3-10/h4H,1-3,12H2,(H2,13,16,17). The van der Waals surface area contributed by atoms with Gasteiger partial charge >= 0.3 is 0 Å². The third-order valence-electron chi connectivity index (χ3n) is 3.29. The van der Waals surface area contributed by atoms with Crippen molar-refractivity contribution < 1.29 is 12.9 Å². The number of hydrogen-bond acceptors (Lipinski definition) is 7. The van der Waals surface area contributed by atoms with E-state index in [9.17, 15) is 8.42 Å². The van der Waals surface area contributed by atoms with Gasteiger partial charge in [0.25, 0.3) is 5.89 Å². The van der Waals surface area contributed by atoms with Crippen molar-refractivity contribution in [1.29, 1.82) is 0 Å². The fourth-order valence-electron chi connectivity index (χ4n) is 1.96. The van der Waals surface area contributed by atoms with Crippen LogP contribution in [-0.4, -0.2) is 18.6 Å². The molecular weight excluding hydrogens is 368 g/mol. The third-order valence-corrected chi connectivity index (χ3v) is 6.44. The van der Waals surface area contributed by atoms with Crippen molar-refractivity contribution in [3.05, 3.63) is 15.7 Å². The number of sulfonamides is 1. The Labute approximate surface area is 127 Å². The first-order chi connectivity index (χ1) is 9.29. The molecule has 1 fully saturated rings. The van der Waals surface area contributed by atoms with Gasteiger partial charge in [-0.1, -0.05) is 5.16 Å². The van der Waals surface area contributed by atoms with Gasteiger partial charge in [-0.25, -0.2) is 13.6 Å². The zero-order chi connectivity index (χ0) is 14.5. The molecule has 2 heterocycles. The summed E-state index contributed by atoms with van der Waals surface area (Å²) in [5.74, 6) is 0.706. The first-order valence-electron chi connectivity index (χ1n) is 5.75. The minimum atomic E-state index is -3.79. The van der Waals surface area contributed by atoms with E-state index in [0.717, 1.165) is 30.6 Å². The van der Waals surface area contributed by atoms with Crippen LogP contribution >= 0.6 is 27.3 Å². The molecule has 0 saturated heterocycles. The summed E-state index contributed by atoms with van der Waals surface area (Å²) in [6.07, 6.45) is 2.69. The van der Waals surface area contributed by atoms with Crippen LogP contribution in [0.3, 0.4) is 0 Å². The summed E-state index contributed by atoms with van der Waals surface area (Å²) >= 11 is 4.33. The number of hydrogen-bond donors (Lipinski definition) is 2. The molecule has 108 valence electrons. The number of primary sulfonamides is 1. The lowest BCUT2D eigenvalue weighted by atomic mass is 9.77. The van der Waals surface area contributed by atoms with Crippen molar-refractivity contribution in [2.24, 2.45) is 10.9 Å². The van der Waals surface area contributed by atoms with Gasteiger partial charge in [-0.05, 0) is 41.3 Å². The van der Waals surface area contributed by atoms with Crippen molar-refractivity contribution in [1.82, 2.24) is 10.1 Å². The van der Waals surface area contributed by atoms with Gasteiger partial charge < -0.3 is 10.3 Å². The highest BCUT2D eigenvalue weighted by molar-refractivity contribution is 9.11. The first kappa shape index (κ1) is 14.1. The lowest BCUT2D eigenvalue weighted by Gasteiger charge is -2.34. The van der Waals surface area contributed by atoms with Crippen molar-refractivity contribution in [2.45, 2.75) is 29.7 Å². The number of aromatic nitrogens is 2. The van der Waals surface area contributed by atoms with E-state index >= 15 is 0 Å². The van der Waals surface area contributed by atoms with Crippen molar-refractivity contribution in [2.75, 3.05) is 0 Å². The summed E-state index contributed by atoms with van der Waals surface area (Å²) < 4.78 is 28.3. The predicted molar refractivity (Wildman–Crippen MR) is 76.4 cm³/mol. The molecule has 0 aliphatic heterocycles. The van der Waals surface area contributed by atoms with E-state index in [1.165, 1.54) is 6.07 Å². The molecule has 0 unspecified atom stereocenters. The molecule has 20 heavy (non-hydrogen) atoms. The molecule has 1 saturated carbocycles. The minimum Gasteiger partial charge on any atom is -0.333 e. The maximum absolute atomic E-state index is 11.4. The summed E-state index contributed by atoms with van der Waals surface area (Å²) in [4.78, 5) is 4.80. The van der Waals surface area contributed by atoms with E-state index in [1.54, 1.807) is 0 Å². The van der Waals surface area contributed by atoms with Crippen molar-refractivity contribution in [3.63, 3.8) is 0 Å². The van der Waals surface area contributed by atoms with Crippen molar-refractivity contribution in [3.8, 4) is 10.8 Å². The topological polar surface area (TPSA) is 125 Å². The number of halogens is 1. The summed E-state index contributed by atoms with van der Waals surface area (Å²) in [5, 5.41) is 9.00. The monoisotopic (exact) mass is 378 g/mol. The lowest BCUT2D eigenvalue weighted by Crippen LogP contribution is -2.44. The van der Waals surface area contributed by atoms with E-state index in [4.69, 9.17) is 15.4 Å². The molecule has 4 N–H and O–H groups in total. The number of nitrogens with zero attached hydrogens (tertiary/aromatic N) is 2. The van der Waals surface area contributed by atoms with E-state index in [2.05, 4.69) is 26.1 Å². The van der Waals surface area contributed by atoms with E-state index < -0.39 is 15.6 Å². The van der Waals surface area contributed by atoms with Crippen LogP contribution < -0.4 is 10.9 Å². The van der Waals surface area contributed by atoms with Crippen LogP contribution in [0.25, 0.3) is 10.8 Å². The van der Waals surface area contributed by atoms with Crippen LogP contribution in [0.15, 0.2) is 19.3 Å². The average molecular weight is 379 g/mol. The van der Waals surface area contributed by atoms with Crippen molar-refractivity contribution >= 4 is 37.3 Å². The highest BCUT2D eigenvalue weighted by Gasteiger charge is 2.39. The third kappa shape index (κ3) is 2.31. The maximum Gasteiger partial charge on any atom is 0.268 e. The summed E-state index contributed by atoms with van der Waals surface area (Å²) in [7, 11) is -3.79. The van der Waals surface area contributed by atoms with Gasteiger partial charge in [-0.2, -0.15) is 4.98 Å². The minimum absolute atomic E-state index is 0.00311. The van der Waals surface area contributed by atoms with Crippen LogP contribution in [0.5, 0.6) is 0 Å². The van der Waals surface area contributed by atoms with Crippen LogP contribution in [0.2, 0.25) is 0 Å². The number of rotatable bonds is 3. The molecule has 0 aromatic carbocycles. The summed E-state index contributed by atoms with van der Waals surface area (Å²) in [5.41, 5.74) is 5.60. The van der Waals surface area contributed by atoms with E-state index in [0.29, 0.717) is 14.5 Å². The Morgan fingerprint density at radius 1 is 1.45 bits per heavy atom. The molecule has 7 nitrogen and oxygen atoms in total. The molecule has 2 aromatic rings. The first-order valence-corrected chi connectivity index (χ1v) is 8.91. The quantitative estimate of drug-likeness (QED) is 0.834. The van der Waals surface area contributed by atoms with Crippen LogP contribution in [0, 0.1) is 0 Å². The van der Waals surface area contributed by atoms with Crippen LogP contribution in [0.4, 0.5) is 0 Å². The molecule has 0 spiro atoms. The van der Waals surface area contributed by atoms with E-state index in [1.807, 2.05) is 0 Å². The van der Waals surface area contributed by atoms with Crippen LogP contribution in [-0.2, 0) is 15.6 Å². The smallest absolute Gasteiger partial charge is 0.268 e. The largest absolute Gasteiger partial charge is 0.333 e. The highest BCUT2D eigenvalue weighted by atomic mass is 79.9. The molecule has 0 radical (unpaired) electrons. The van der Waals surface area contributed by atoms with Gasteiger partial charge in [0, 0.05) is 0 Å². The summed E-state index contributed by atoms with van der Waals surface area (Å²) in [6.45, 7) is 0. The number of nitrogens with two attached hydrogens (primary N) is 2. The number of thiophene rings is 1. The zero-order valence-electron chi connectivity index (χ0n) is 10.2. The van der Waals surface area contributed by atoms with Gasteiger partial charge in [0.05, 0.1) is 14.2 Å². The van der Waals surface area contributed by atoms with Gasteiger partial charge in [-0.15, -0.1) is 11.3 Å². The lowest BCUT2D eigenvalue weighted by molar-refractivity contribution is 0.229. The molecule has 0 bridgehead atoms. The van der Waals surface area contributed by atoms with E-state index in [-0.39, 0.29) is 10.8 Å². The Kier molecular flexibility index (Phi) is 3.25. The molecule has 1 aliphatic carbocycles. The van der Waals surface area contributed by atoms with Crippen LogP contribution in [0.1, 0.15) is 25.1 Å². The Bertz CT molecular complexity index is 763. The normalized spacial score (nSPS) is 17.9.